The zero-order valence-corrected chi connectivity index (χ0v) is 19.0. The summed E-state index contributed by atoms with van der Waals surface area (Å²) < 4.78 is 1.81. The van der Waals surface area contributed by atoms with Crippen molar-refractivity contribution < 1.29 is 0 Å². The maximum atomic E-state index is 6.94. The van der Waals surface area contributed by atoms with Gasteiger partial charge in [-0.15, -0.1) is 0 Å². The van der Waals surface area contributed by atoms with E-state index in [1.165, 1.54) is 5.56 Å². The summed E-state index contributed by atoms with van der Waals surface area (Å²) in [5.41, 5.74) is 8.65. The molecule has 34 heavy (non-hydrogen) atoms. The van der Waals surface area contributed by atoms with Gasteiger partial charge in [-0.3, -0.25) is 4.09 Å². The molecule has 0 saturated carbocycles. The Labute approximate surface area is 201 Å². The van der Waals surface area contributed by atoms with Gasteiger partial charge in [0, 0.05) is 44.4 Å². The van der Waals surface area contributed by atoms with Crippen molar-refractivity contribution in [1.82, 2.24) is 9.07 Å². The molecule has 7 aromatic rings. The topological polar surface area (TPSA) is 17.8 Å². The van der Waals surface area contributed by atoms with Gasteiger partial charge in [0.05, 0.1) is 22.1 Å². The van der Waals surface area contributed by atoms with E-state index in [9.17, 15) is 0 Å². The molecule has 7 rings (SSSR count). The lowest BCUT2D eigenvalue weighted by Crippen LogP contribution is -1.91. The zero-order valence-electron chi connectivity index (χ0n) is 18.2. The molecule has 0 aliphatic rings. The van der Waals surface area contributed by atoms with Crippen molar-refractivity contribution in [3.8, 4) is 22.3 Å². The van der Waals surface area contributed by atoms with Crippen LogP contribution >= 0.6 is 11.8 Å². The average Bonchev–Trinajstić information content (AvgIpc) is 3.19. The van der Waals surface area contributed by atoms with Crippen molar-refractivity contribution in [3.05, 3.63) is 115 Å². The predicted octanol–water partition coefficient (Wildman–Crippen LogP) is 8.83. The number of hydrogen-bond donors (Lipinski definition) is 0. The third kappa shape index (κ3) is 2.79. The molecule has 160 valence electrons. The van der Waals surface area contributed by atoms with Crippen molar-refractivity contribution in [2.24, 2.45) is 0 Å². The van der Waals surface area contributed by atoms with E-state index < -0.39 is 0 Å². The first kappa shape index (κ1) is 19.3. The van der Waals surface area contributed by atoms with E-state index in [4.69, 9.17) is 16.8 Å². The summed E-state index contributed by atoms with van der Waals surface area (Å²) in [5.74, 6) is 0. The van der Waals surface area contributed by atoms with E-state index in [0.29, 0.717) is 0 Å². The van der Waals surface area contributed by atoms with Crippen LogP contribution in [0.4, 0.5) is 0 Å². The first-order chi connectivity index (χ1) is 16.8. The highest BCUT2D eigenvalue weighted by Gasteiger charge is 2.18. The molecule has 0 radical (unpaired) electrons. The van der Waals surface area contributed by atoms with Gasteiger partial charge in [0.2, 0.25) is 0 Å². The molecule has 0 aliphatic heterocycles. The second-order valence-corrected chi connectivity index (χ2v) is 8.94. The molecule has 2 nitrogen and oxygen atoms in total. The summed E-state index contributed by atoms with van der Waals surface area (Å²) in [6.07, 6.45) is 0. The van der Waals surface area contributed by atoms with Crippen molar-refractivity contribution in [2.75, 3.05) is 0 Å². The number of nitrogens with zero attached hydrogens (tertiary/aromatic N) is 2. The molecule has 3 heteroatoms. The Kier molecular flexibility index (Phi) is 4.23. The average molecular weight is 455 g/mol. The third-order valence-electron chi connectivity index (χ3n) is 6.67. The maximum absolute atomic E-state index is 6.94. The van der Waals surface area contributed by atoms with Crippen molar-refractivity contribution in [3.63, 3.8) is 0 Å². The van der Waals surface area contributed by atoms with E-state index in [-0.39, 0.29) is 0 Å². The maximum Gasteiger partial charge on any atom is 0.0739 e. The van der Waals surface area contributed by atoms with Crippen LogP contribution in [-0.4, -0.2) is 9.07 Å². The van der Waals surface area contributed by atoms with E-state index >= 15 is 0 Å². The molecule has 0 spiro atoms. The lowest BCUT2D eigenvalue weighted by Gasteiger charge is -2.14. The molecular formula is C31H19ClN2. The van der Waals surface area contributed by atoms with Crippen molar-refractivity contribution in [1.29, 1.82) is 0 Å². The van der Waals surface area contributed by atoms with Gasteiger partial charge in [-0.05, 0) is 41.5 Å². The SMILES string of the molecule is Cln1c2ccccc2c2cc(-c3c4ccccc4nc4ccccc34)cc(-c3ccccc3)c21. The lowest BCUT2D eigenvalue weighted by atomic mass is 9.91. The fraction of sp³-hybridized carbons (Fsp3) is 0. The van der Waals surface area contributed by atoms with Crippen molar-refractivity contribution >= 4 is 55.4 Å². The van der Waals surface area contributed by atoms with Gasteiger partial charge in [0.25, 0.3) is 0 Å². The fourth-order valence-electron chi connectivity index (χ4n) is 5.18. The Morgan fingerprint density at radius 1 is 0.529 bits per heavy atom. The molecule has 5 aromatic carbocycles. The molecule has 2 heterocycles. The molecule has 0 N–H and O–H groups in total. The largest absolute Gasteiger partial charge is 0.252 e. The Bertz CT molecular complexity index is 1810. The smallest absolute Gasteiger partial charge is 0.0739 e. The number of hydrogen-bond acceptors (Lipinski definition) is 1. The molecule has 0 bridgehead atoms. The number of halogens is 1. The Hall–Kier alpha value is -4.14. The zero-order chi connectivity index (χ0) is 22.6. The molecule has 0 aliphatic carbocycles. The first-order valence-electron chi connectivity index (χ1n) is 11.4. The molecule has 0 amide bonds. The summed E-state index contributed by atoms with van der Waals surface area (Å²) in [4.78, 5) is 4.94. The van der Waals surface area contributed by atoms with Crippen LogP contribution in [0.1, 0.15) is 0 Å². The highest BCUT2D eigenvalue weighted by atomic mass is 35.5. The van der Waals surface area contributed by atoms with Crippen LogP contribution < -0.4 is 0 Å². The van der Waals surface area contributed by atoms with Crippen LogP contribution in [0, 0.1) is 0 Å². The molecular weight excluding hydrogens is 436 g/mol. The Morgan fingerprint density at radius 3 is 1.82 bits per heavy atom. The fourth-order valence-corrected chi connectivity index (χ4v) is 5.51. The van der Waals surface area contributed by atoms with Gasteiger partial charge in [0.1, 0.15) is 0 Å². The van der Waals surface area contributed by atoms with Crippen LogP contribution in [-0.2, 0) is 0 Å². The summed E-state index contributed by atoms with van der Waals surface area (Å²) in [7, 11) is 0. The van der Waals surface area contributed by atoms with Gasteiger partial charge in [0.15, 0.2) is 0 Å². The number of pyridine rings is 1. The van der Waals surface area contributed by atoms with Crippen LogP contribution in [0.15, 0.2) is 115 Å². The van der Waals surface area contributed by atoms with Gasteiger partial charge in [-0.1, -0.05) is 84.9 Å². The van der Waals surface area contributed by atoms with Crippen LogP contribution in [0.25, 0.3) is 65.9 Å². The van der Waals surface area contributed by atoms with Crippen molar-refractivity contribution in [2.45, 2.75) is 0 Å². The number of para-hydroxylation sites is 3. The minimum absolute atomic E-state index is 0.998. The second kappa shape index (κ2) is 7.44. The monoisotopic (exact) mass is 454 g/mol. The quantitative estimate of drug-likeness (QED) is 0.238. The van der Waals surface area contributed by atoms with Crippen LogP contribution in [0.5, 0.6) is 0 Å². The summed E-state index contributed by atoms with van der Waals surface area (Å²) >= 11 is 6.94. The summed E-state index contributed by atoms with van der Waals surface area (Å²) in [5, 5.41) is 4.59. The number of benzene rings is 5. The summed E-state index contributed by atoms with van der Waals surface area (Å²) in [6, 6.07) is 40.2. The number of fused-ring (bicyclic) bond motifs is 5. The highest BCUT2D eigenvalue weighted by molar-refractivity contribution is 6.29. The standard InChI is InChI=1S/C31H19ClN2/c32-34-29-17-9-6-12-22(29)26-19-21(18-25(31(26)34)20-10-2-1-3-11-20)30-23-13-4-7-15-27(23)33-28-16-8-5-14-24(28)30/h1-19H. The second-order valence-electron chi connectivity index (χ2n) is 8.61. The predicted molar refractivity (Wildman–Crippen MR) is 144 cm³/mol. The van der Waals surface area contributed by atoms with Gasteiger partial charge >= 0.3 is 0 Å². The minimum atomic E-state index is 0.998. The Morgan fingerprint density at radius 2 is 1.12 bits per heavy atom. The third-order valence-corrected chi connectivity index (χ3v) is 7.02. The number of rotatable bonds is 2. The first-order valence-corrected chi connectivity index (χ1v) is 11.7. The van der Waals surface area contributed by atoms with E-state index in [0.717, 1.165) is 60.3 Å². The normalized spacial score (nSPS) is 11.7. The molecule has 2 aromatic heterocycles. The molecule has 0 unspecified atom stereocenters. The molecule has 0 saturated heterocycles. The minimum Gasteiger partial charge on any atom is -0.252 e. The molecule has 0 fully saturated rings. The van der Waals surface area contributed by atoms with E-state index in [1.807, 2.05) is 24.3 Å². The summed E-state index contributed by atoms with van der Waals surface area (Å²) in [6.45, 7) is 0. The van der Waals surface area contributed by atoms with Crippen LogP contribution in [0.3, 0.4) is 0 Å². The van der Waals surface area contributed by atoms with Gasteiger partial charge in [-0.2, -0.15) is 0 Å². The van der Waals surface area contributed by atoms with E-state index in [1.54, 1.807) is 4.09 Å². The highest BCUT2D eigenvalue weighted by Crippen LogP contribution is 2.43. The lowest BCUT2D eigenvalue weighted by molar-refractivity contribution is 1.39. The Balaban J connectivity index is 1.70. The number of aromatic nitrogens is 2. The van der Waals surface area contributed by atoms with Crippen LogP contribution in [0.2, 0.25) is 0 Å². The van der Waals surface area contributed by atoms with Gasteiger partial charge in [-0.25, -0.2) is 4.98 Å². The molecule has 0 atom stereocenters. The van der Waals surface area contributed by atoms with Gasteiger partial charge < -0.3 is 0 Å². The van der Waals surface area contributed by atoms with E-state index in [2.05, 4.69) is 91.0 Å².